The van der Waals surface area contributed by atoms with Crippen molar-refractivity contribution >= 4 is 28.2 Å². The molecule has 3 aromatic rings. The van der Waals surface area contributed by atoms with Crippen LogP contribution in [0.2, 0.25) is 0 Å². The maximum absolute atomic E-state index is 13.2. The molecular formula is C19H13F3N6S. The molecule has 0 fully saturated rings. The van der Waals surface area contributed by atoms with Crippen LogP contribution in [-0.4, -0.2) is 20.0 Å². The fraction of sp³-hybridized carbons (Fsp3) is 0.211. The smallest absolute Gasteiger partial charge is 0.389 e. The van der Waals surface area contributed by atoms with Crippen LogP contribution in [0.4, 0.5) is 13.2 Å². The average Bonchev–Trinajstić information content (AvgIpc) is 3.07. The number of benzene rings is 2. The first kappa shape index (κ1) is 20.2. The highest BCUT2D eigenvalue weighted by Crippen LogP contribution is 2.35. The van der Waals surface area contributed by atoms with Gasteiger partial charge in [0.25, 0.3) is 0 Å². The molecule has 0 saturated heterocycles. The van der Waals surface area contributed by atoms with Gasteiger partial charge in [0.2, 0.25) is 0 Å². The fourth-order valence-corrected chi connectivity index (χ4v) is 3.13. The second-order valence-electron chi connectivity index (χ2n) is 6.61. The van der Waals surface area contributed by atoms with Crippen molar-refractivity contribution in [2.75, 3.05) is 0 Å². The van der Waals surface area contributed by atoms with Gasteiger partial charge in [-0.25, -0.2) is 0 Å². The minimum Gasteiger partial charge on any atom is -0.389 e. The third kappa shape index (κ3) is 3.89. The Hall–Kier alpha value is -3.50. The zero-order chi connectivity index (χ0) is 21.4. The highest BCUT2D eigenvalue weighted by molar-refractivity contribution is 7.80. The lowest BCUT2D eigenvalue weighted by molar-refractivity contribution is -0.137. The maximum atomic E-state index is 13.2. The van der Waals surface area contributed by atoms with Gasteiger partial charge in [-0.1, -0.05) is 18.3 Å². The van der Waals surface area contributed by atoms with Gasteiger partial charge in [-0.2, -0.15) is 38.7 Å². The van der Waals surface area contributed by atoms with Crippen molar-refractivity contribution in [1.82, 2.24) is 15.0 Å². The number of hydrogen-bond donors (Lipinski definition) is 1. The molecule has 3 rings (SSSR count). The summed E-state index contributed by atoms with van der Waals surface area (Å²) < 4.78 is 39.7. The Morgan fingerprint density at radius 1 is 1.14 bits per heavy atom. The summed E-state index contributed by atoms with van der Waals surface area (Å²) >= 11 is 4.97. The molecule has 0 aliphatic carbocycles. The van der Waals surface area contributed by atoms with Crippen LogP contribution in [0.25, 0.3) is 11.0 Å². The summed E-state index contributed by atoms with van der Waals surface area (Å²) in [4.78, 5) is 1.10. The van der Waals surface area contributed by atoms with Gasteiger partial charge in [0.1, 0.15) is 21.4 Å². The Kier molecular flexibility index (Phi) is 4.99. The molecule has 6 nitrogen and oxygen atoms in total. The first-order chi connectivity index (χ1) is 13.6. The lowest BCUT2D eigenvalue weighted by Gasteiger charge is -2.25. The van der Waals surface area contributed by atoms with E-state index in [1.165, 1.54) is 23.9 Å². The van der Waals surface area contributed by atoms with Crippen LogP contribution in [0.15, 0.2) is 36.4 Å². The number of fused-ring (bicyclic) bond motifs is 1. The summed E-state index contributed by atoms with van der Waals surface area (Å²) in [5, 5.41) is 27.3. The number of hydrogen-bond acceptors (Lipinski definition) is 5. The first-order valence-corrected chi connectivity index (χ1v) is 8.66. The summed E-state index contributed by atoms with van der Waals surface area (Å²) in [5.74, 6) is 0. The molecule has 0 aliphatic heterocycles. The molecular weight excluding hydrogens is 401 g/mol. The van der Waals surface area contributed by atoms with Gasteiger partial charge < -0.3 is 5.73 Å². The molecule has 0 radical (unpaired) electrons. The molecule has 1 unspecified atom stereocenters. The Labute approximate surface area is 169 Å². The molecule has 1 atom stereocenters. The van der Waals surface area contributed by atoms with Crippen LogP contribution in [0.3, 0.4) is 0 Å². The molecule has 0 spiro atoms. The fourth-order valence-electron chi connectivity index (χ4n) is 2.95. The van der Waals surface area contributed by atoms with Crippen molar-refractivity contribution in [1.29, 1.82) is 10.5 Å². The monoisotopic (exact) mass is 414 g/mol. The lowest BCUT2D eigenvalue weighted by Crippen LogP contribution is -2.31. The molecule has 10 heteroatoms. The molecule has 0 saturated carbocycles. The van der Waals surface area contributed by atoms with Crippen LogP contribution in [0.1, 0.15) is 29.2 Å². The van der Waals surface area contributed by atoms with E-state index in [0.29, 0.717) is 16.6 Å². The van der Waals surface area contributed by atoms with E-state index in [1.807, 2.05) is 12.1 Å². The predicted octanol–water partition coefficient (Wildman–Crippen LogP) is 3.44. The number of halogens is 3. The molecule has 0 aliphatic rings. The number of aromatic nitrogens is 3. The molecule has 0 bridgehead atoms. The summed E-state index contributed by atoms with van der Waals surface area (Å²) in [6, 6.07) is 11.7. The van der Waals surface area contributed by atoms with Crippen LogP contribution in [-0.2, 0) is 18.1 Å². The van der Waals surface area contributed by atoms with E-state index < -0.39 is 17.2 Å². The largest absolute Gasteiger partial charge is 0.416 e. The average molecular weight is 414 g/mol. The minimum absolute atomic E-state index is 0.0430. The van der Waals surface area contributed by atoms with Gasteiger partial charge in [0, 0.05) is 5.56 Å². The molecule has 0 amide bonds. The molecule has 2 aromatic carbocycles. The van der Waals surface area contributed by atoms with E-state index in [-0.39, 0.29) is 22.7 Å². The van der Waals surface area contributed by atoms with Crippen LogP contribution in [0, 0.1) is 22.7 Å². The highest BCUT2D eigenvalue weighted by Gasteiger charge is 2.36. The van der Waals surface area contributed by atoms with Gasteiger partial charge >= 0.3 is 6.18 Å². The highest BCUT2D eigenvalue weighted by atomic mass is 32.1. The van der Waals surface area contributed by atoms with Crippen LogP contribution >= 0.6 is 12.2 Å². The first-order valence-electron chi connectivity index (χ1n) is 8.25. The summed E-state index contributed by atoms with van der Waals surface area (Å²) in [7, 11) is 0. The Balaban J connectivity index is 2.11. The van der Waals surface area contributed by atoms with E-state index in [0.717, 1.165) is 12.1 Å². The SMILES string of the molecule is CC(C#N)(Cn1nc2ccc(C#N)cc2n1)c1cc(C(F)(F)F)ccc1C(N)=S. The predicted molar refractivity (Wildman–Crippen MR) is 103 cm³/mol. The molecule has 1 heterocycles. The second kappa shape index (κ2) is 7.15. The summed E-state index contributed by atoms with van der Waals surface area (Å²) in [5.41, 5.74) is 4.86. The van der Waals surface area contributed by atoms with E-state index in [2.05, 4.69) is 10.2 Å². The Morgan fingerprint density at radius 3 is 2.41 bits per heavy atom. The molecule has 29 heavy (non-hydrogen) atoms. The molecule has 1 aromatic heterocycles. The zero-order valence-corrected chi connectivity index (χ0v) is 15.8. The Morgan fingerprint density at radius 2 is 1.83 bits per heavy atom. The van der Waals surface area contributed by atoms with Gasteiger partial charge in [0.05, 0.1) is 29.8 Å². The van der Waals surface area contributed by atoms with Crippen molar-refractivity contribution in [3.8, 4) is 12.1 Å². The maximum Gasteiger partial charge on any atom is 0.416 e. The number of nitrogens with zero attached hydrogens (tertiary/aromatic N) is 5. The van der Waals surface area contributed by atoms with Crippen molar-refractivity contribution < 1.29 is 13.2 Å². The normalized spacial score (nSPS) is 13.4. The third-order valence-electron chi connectivity index (χ3n) is 4.46. The van der Waals surface area contributed by atoms with Crippen molar-refractivity contribution in [3.05, 3.63) is 58.7 Å². The van der Waals surface area contributed by atoms with Gasteiger partial charge in [-0.3, -0.25) is 0 Å². The van der Waals surface area contributed by atoms with E-state index in [9.17, 15) is 18.4 Å². The molecule has 2 N–H and O–H groups in total. The third-order valence-corrected chi connectivity index (χ3v) is 4.68. The number of nitriles is 2. The zero-order valence-electron chi connectivity index (χ0n) is 15.0. The van der Waals surface area contributed by atoms with Crippen LogP contribution in [0.5, 0.6) is 0 Å². The molecule has 146 valence electrons. The minimum atomic E-state index is -4.59. The Bertz CT molecular complexity index is 1200. The topological polar surface area (TPSA) is 104 Å². The van der Waals surface area contributed by atoms with E-state index in [4.69, 9.17) is 23.2 Å². The number of nitrogens with two attached hydrogens (primary N) is 1. The van der Waals surface area contributed by atoms with E-state index >= 15 is 0 Å². The second-order valence-corrected chi connectivity index (χ2v) is 7.05. The quantitative estimate of drug-likeness (QED) is 0.656. The number of alkyl halides is 3. The summed E-state index contributed by atoms with van der Waals surface area (Å²) in [6.45, 7) is 1.33. The van der Waals surface area contributed by atoms with Crippen LogP contribution < -0.4 is 5.73 Å². The van der Waals surface area contributed by atoms with Gasteiger partial charge in [-0.05, 0) is 42.8 Å². The van der Waals surface area contributed by atoms with Gasteiger partial charge in [-0.15, -0.1) is 0 Å². The number of rotatable bonds is 4. The standard InChI is InChI=1S/C19H13F3N6S/c1-18(9-24,10-28-26-15-5-2-11(8-23)6-16(15)27-28)14-7-12(19(20,21)22)3-4-13(14)17(25)29/h2-7H,10H2,1H3,(H2,25,29). The summed E-state index contributed by atoms with van der Waals surface area (Å²) in [6.07, 6.45) is -4.59. The van der Waals surface area contributed by atoms with Crippen molar-refractivity contribution in [3.63, 3.8) is 0 Å². The van der Waals surface area contributed by atoms with Gasteiger partial charge in [0.15, 0.2) is 0 Å². The van der Waals surface area contributed by atoms with Crippen molar-refractivity contribution in [2.24, 2.45) is 5.73 Å². The van der Waals surface area contributed by atoms with E-state index in [1.54, 1.807) is 12.1 Å². The van der Waals surface area contributed by atoms with Crippen molar-refractivity contribution in [2.45, 2.75) is 25.1 Å². The lowest BCUT2D eigenvalue weighted by atomic mass is 9.80. The number of thiocarbonyl (C=S) groups is 1.